The van der Waals surface area contributed by atoms with Gasteiger partial charge in [0, 0.05) is 37.1 Å². The molecule has 0 radical (unpaired) electrons. The molecule has 1 aliphatic heterocycles. The van der Waals surface area contributed by atoms with Gasteiger partial charge in [0.15, 0.2) is 0 Å². The number of aromatic nitrogens is 1. The van der Waals surface area contributed by atoms with Crippen LogP contribution in [-0.4, -0.2) is 55.2 Å². The number of piperazine rings is 1. The average Bonchev–Trinajstić information content (AvgIpc) is 2.89. The molecule has 4 amide bonds. The Hall–Kier alpha value is -4.00. The van der Waals surface area contributed by atoms with Crippen LogP contribution in [0, 0.1) is 0 Å². The fourth-order valence-electron chi connectivity index (χ4n) is 3.52. The van der Waals surface area contributed by atoms with Crippen LogP contribution in [0.1, 0.15) is 15.9 Å². The lowest BCUT2D eigenvalue weighted by molar-refractivity contribution is -0.122. The summed E-state index contributed by atoms with van der Waals surface area (Å²) >= 11 is 5.80. The molecule has 0 aliphatic carbocycles. The summed E-state index contributed by atoms with van der Waals surface area (Å²) in [5.74, 6) is -0.436. The third-order valence-corrected chi connectivity index (χ3v) is 7.41. The highest BCUT2D eigenvalue weighted by molar-refractivity contribution is 7.89. The van der Waals surface area contributed by atoms with Crippen molar-refractivity contribution in [1.29, 1.82) is 0 Å². The topological polar surface area (TPSA) is 150 Å². The number of rotatable bonds is 7. The van der Waals surface area contributed by atoms with Gasteiger partial charge in [0.05, 0.1) is 16.5 Å². The van der Waals surface area contributed by atoms with Crippen LogP contribution in [0.25, 0.3) is 0 Å². The van der Waals surface area contributed by atoms with E-state index in [4.69, 9.17) is 11.6 Å². The molecule has 0 atom stereocenters. The number of amides is 4. The van der Waals surface area contributed by atoms with Crippen LogP contribution >= 0.6 is 11.6 Å². The maximum atomic E-state index is 12.9. The Morgan fingerprint density at radius 2 is 1.86 bits per heavy atom. The Labute approximate surface area is 218 Å². The van der Waals surface area contributed by atoms with E-state index in [1.807, 2.05) is 0 Å². The summed E-state index contributed by atoms with van der Waals surface area (Å²) in [6.45, 7) is 0.255. The molecular weight excluding hydrogens is 520 g/mol. The van der Waals surface area contributed by atoms with Gasteiger partial charge in [-0.3, -0.25) is 9.59 Å². The minimum absolute atomic E-state index is 0.0378. The molecule has 13 heteroatoms. The van der Waals surface area contributed by atoms with Crippen LogP contribution in [0.15, 0.2) is 71.8 Å². The Kier molecular flexibility index (Phi) is 8.01. The maximum Gasteiger partial charge on any atom is 0.319 e. The molecule has 0 spiro atoms. The van der Waals surface area contributed by atoms with Gasteiger partial charge >= 0.3 is 6.03 Å². The van der Waals surface area contributed by atoms with E-state index in [2.05, 4.69) is 26.3 Å². The van der Waals surface area contributed by atoms with Crippen LogP contribution in [0.2, 0.25) is 5.02 Å². The second-order valence-electron chi connectivity index (χ2n) is 8.04. The molecule has 2 aromatic carbocycles. The van der Waals surface area contributed by atoms with Gasteiger partial charge < -0.3 is 21.3 Å². The quantitative estimate of drug-likeness (QED) is 0.360. The molecule has 1 fully saturated rings. The van der Waals surface area contributed by atoms with E-state index in [1.165, 1.54) is 24.4 Å². The van der Waals surface area contributed by atoms with Crippen molar-refractivity contribution in [2.45, 2.75) is 11.4 Å². The van der Waals surface area contributed by atoms with Crippen LogP contribution in [0.4, 0.5) is 16.3 Å². The molecule has 1 saturated heterocycles. The van der Waals surface area contributed by atoms with Crippen molar-refractivity contribution in [3.63, 3.8) is 0 Å². The van der Waals surface area contributed by atoms with Crippen molar-refractivity contribution >= 4 is 51.0 Å². The van der Waals surface area contributed by atoms with E-state index >= 15 is 0 Å². The van der Waals surface area contributed by atoms with Gasteiger partial charge in [0.1, 0.15) is 5.82 Å². The standard InChI is InChI=1S/C24H23ClN6O5S/c25-18-7-8-21(27-14-18)30-23(33)17-4-2-5-19(12-17)29-24(34)28-13-16-3-1-6-20(11-16)37(35,36)31-10-9-26-22(32)15-31/h1-8,11-12,14H,9-10,13,15H2,(H,26,32)(H,27,30,33)(H2,28,29,34). The summed E-state index contributed by atoms with van der Waals surface area (Å²) in [5, 5.41) is 11.0. The molecule has 1 aromatic heterocycles. The summed E-state index contributed by atoms with van der Waals surface area (Å²) in [4.78, 5) is 40.6. The molecular formula is C24H23ClN6O5S. The fourth-order valence-corrected chi connectivity index (χ4v) is 5.10. The van der Waals surface area contributed by atoms with Gasteiger partial charge in [0.25, 0.3) is 5.91 Å². The average molecular weight is 543 g/mol. The molecule has 4 N–H and O–H groups in total. The fraction of sp³-hybridized carbons (Fsp3) is 0.167. The Morgan fingerprint density at radius 1 is 1.05 bits per heavy atom. The molecule has 37 heavy (non-hydrogen) atoms. The number of carbonyl (C=O) groups excluding carboxylic acids is 3. The second kappa shape index (κ2) is 11.4. The Balaban J connectivity index is 1.35. The predicted molar refractivity (Wildman–Crippen MR) is 138 cm³/mol. The van der Waals surface area contributed by atoms with E-state index in [-0.39, 0.29) is 37.0 Å². The van der Waals surface area contributed by atoms with Gasteiger partial charge in [0.2, 0.25) is 15.9 Å². The van der Waals surface area contributed by atoms with Gasteiger partial charge in [-0.1, -0.05) is 29.8 Å². The zero-order valence-electron chi connectivity index (χ0n) is 19.4. The maximum absolute atomic E-state index is 12.9. The normalized spacial score (nSPS) is 13.9. The number of hydrogen-bond donors (Lipinski definition) is 4. The Bertz CT molecular complexity index is 1430. The van der Waals surface area contributed by atoms with Crippen LogP contribution in [0.3, 0.4) is 0 Å². The third-order valence-electron chi connectivity index (χ3n) is 5.34. The van der Waals surface area contributed by atoms with Crippen molar-refractivity contribution in [3.05, 3.63) is 83.0 Å². The molecule has 3 aromatic rings. The lowest BCUT2D eigenvalue weighted by atomic mass is 10.2. The molecule has 2 heterocycles. The van der Waals surface area contributed by atoms with Crippen molar-refractivity contribution in [3.8, 4) is 0 Å². The highest BCUT2D eigenvalue weighted by Crippen LogP contribution is 2.18. The highest BCUT2D eigenvalue weighted by atomic mass is 35.5. The third kappa shape index (κ3) is 6.82. The number of carbonyl (C=O) groups is 3. The summed E-state index contributed by atoms with van der Waals surface area (Å²) in [6, 6.07) is 15.1. The highest BCUT2D eigenvalue weighted by Gasteiger charge is 2.29. The molecule has 11 nitrogen and oxygen atoms in total. The number of pyridine rings is 1. The van der Waals surface area contributed by atoms with Crippen LogP contribution in [0.5, 0.6) is 0 Å². The lowest BCUT2D eigenvalue weighted by Crippen LogP contribution is -2.49. The number of sulfonamides is 1. The number of anilines is 2. The minimum Gasteiger partial charge on any atom is -0.354 e. The molecule has 192 valence electrons. The summed E-state index contributed by atoms with van der Waals surface area (Å²) < 4.78 is 26.9. The molecule has 0 unspecified atom stereocenters. The monoisotopic (exact) mass is 542 g/mol. The Morgan fingerprint density at radius 3 is 2.62 bits per heavy atom. The van der Waals surface area contributed by atoms with Crippen molar-refractivity contribution in [2.75, 3.05) is 30.3 Å². The molecule has 0 bridgehead atoms. The predicted octanol–water partition coefficient (Wildman–Crippen LogP) is 2.43. The van der Waals surface area contributed by atoms with Gasteiger partial charge in [-0.25, -0.2) is 18.2 Å². The number of urea groups is 1. The van der Waals surface area contributed by atoms with E-state index in [0.29, 0.717) is 27.7 Å². The first kappa shape index (κ1) is 26.1. The summed E-state index contributed by atoms with van der Waals surface area (Å²) in [5.41, 5.74) is 1.24. The van der Waals surface area contributed by atoms with Gasteiger partial charge in [-0.15, -0.1) is 0 Å². The van der Waals surface area contributed by atoms with Crippen LogP contribution in [-0.2, 0) is 21.4 Å². The van der Waals surface area contributed by atoms with E-state index in [9.17, 15) is 22.8 Å². The van der Waals surface area contributed by atoms with Crippen molar-refractivity contribution < 1.29 is 22.8 Å². The molecule has 0 saturated carbocycles. The van der Waals surface area contributed by atoms with Crippen molar-refractivity contribution in [1.82, 2.24) is 19.9 Å². The number of nitrogens with one attached hydrogen (secondary N) is 4. The summed E-state index contributed by atoms with van der Waals surface area (Å²) in [7, 11) is -3.85. The summed E-state index contributed by atoms with van der Waals surface area (Å²) in [6.07, 6.45) is 1.41. The number of benzene rings is 2. The number of nitrogens with zero attached hydrogens (tertiary/aromatic N) is 2. The lowest BCUT2D eigenvalue weighted by Gasteiger charge is -2.26. The zero-order chi connectivity index (χ0) is 26.4. The first-order valence-corrected chi connectivity index (χ1v) is 13.0. The smallest absolute Gasteiger partial charge is 0.319 e. The van der Waals surface area contributed by atoms with Gasteiger partial charge in [-0.05, 0) is 48.0 Å². The van der Waals surface area contributed by atoms with Crippen molar-refractivity contribution in [2.24, 2.45) is 0 Å². The largest absolute Gasteiger partial charge is 0.354 e. The van der Waals surface area contributed by atoms with Gasteiger partial charge in [-0.2, -0.15) is 4.31 Å². The van der Waals surface area contributed by atoms with E-state index in [1.54, 1.807) is 42.5 Å². The molecule has 1 aliphatic rings. The van der Waals surface area contributed by atoms with E-state index in [0.717, 1.165) is 4.31 Å². The minimum atomic E-state index is -3.85. The van der Waals surface area contributed by atoms with E-state index < -0.39 is 22.0 Å². The zero-order valence-corrected chi connectivity index (χ0v) is 21.0. The SMILES string of the molecule is O=C1CN(S(=O)(=O)c2cccc(CNC(=O)Nc3cccc(C(=O)Nc4ccc(Cl)cn4)c3)c2)CCN1. The first-order chi connectivity index (χ1) is 17.7. The number of hydrogen-bond acceptors (Lipinski definition) is 6. The molecule has 4 rings (SSSR count). The second-order valence-corrected chi connectivity index (χ2v) is 10.4. The number of halogens is 1. The van der Waals surface area contributed by atoms with Crippen LogP contribution < -0.4 is 21.3 Å². The first-order valence-electron chi connectivity index (χ1n) is 11.1.